The summed E-state index contributed by atoms with van der Waals surface area (Å²) in [6.45, 7) is 1.27. The summed E-state index contributed by atoms with van der Waals surface area (Å²) in [7, 11) is 1.64. The molecule has 1 aromatic rings. The first-order valence-electron chi connectivity index (χ1n) is 6.36. The third-order valence-electron chi connectivity index (χ3n) is 2.76. The Labute approximate surface area is 121 Å². The number of benzene rings is 1. The highest BCUT2D eigenvalue weighted by Crippen LogP contribution is 2.11. The molecular weight excluding hydrogens is 264 g/mol. The van der Waals surface area contributed by atoms with Crippen LogP contribution in [0.2, 0.25) is 0 Å². The largest absolute Gasteiger partial charge is 0.497 e. The summed E-state index contributed by atoms with van der Waals surface area (Å²) >= 11 is 0. The first-order valence-corrected chi connectivity index (χ1v) is 6.36. The minimum Gasteiger partial charge on any atom is -0.497 e. The van der Waals surface area contributed by atoms with Crippen molar-refractivity contribution in [3.63, 3.8) is 0 Å². The van der Waals surface area contributed by atoms with Crippen molar-refractivity contribution in [1.82, 2.24) is 5.32 Å². The highest BCUT2D eigenvalue weighted by Gasteiger charge is 2.01. The van der Waals surface area contributed by atoms with Gasteiger partial charge in [-0.15, -0.1) is 12.4 Å². The summed E-state index contributed by atoms with van der Waals surface area (Å²) in [6.07, 6.45) is 3.50. The topological polar surface area (TPSA) is 64.3 Å². The molecule has 3 N–H and O–H groups in total. The maximum Gasteiger partial charge on any atom is 0.220 e. The number of unbranched alkanes of at least 4 members (excludes halogenated alkanes) is 2. The number of hydrogen-bond donors (Lipinski definition) is 2. The second-order valence-corrected chi connectivity index (χ2v) is 4.22. The van der Waals surface area contributed by atoms with E-state index in [4.69, 9.17) is 10.5 Å². The number of carbonyl (C=O) groups excluding carboxylic acids is 1. The van der Waals surface area contributed by atoms with Gasteiger partial charge in [-0.1, -0.05) is 18.6 Å². The van der Waals surface area contributed by atoms with E-state index >= 15 is 0 Å². The second kappa shape index (κ2) is 10.6. The van der Waals surface area contributed by atoms with Crippen molar-refractivity contribution in [1.29, 1.82) is 0 Å². The van der Waals surface area contributed by atoms with Crippen LogP contribution in [0.25, 0.3) is 0 Å². The number of rotatable bonds is 8. The molecule has 1 aromatic carbocycles. The molecule has 19 heavy (non-hydrogen) atoms. The Morgan fingerprint density at radius 2 is 1.89 bits per heavy atom. The predicted molar refractivity (Wildman–Crippen MR) is 79.6 cm³/mol. The third kappa shape index (κ3) is 7.70. The van der Waals surface area contributed by atoms with Crippen molar-refractivity contribution in [2.45, 2.75) is 32.2 Å². The van der Waals surface area contributed by atoms with E-state index in [-0.39, 0.29) is 18.3 Å². The van der Waals surface area contributed by atoms with Gasteiger partial charge in [-0.2, -0.15) is 0 Å². The fourth-order valence-corrected chi connectivity index (χ4v) is 1.64. The molecule has 1 amide bonds. The Morgan fingerprint density at radius 3 is 2.47 bits per heavy atom. The van der Waals surface area contributed by atoms with Gasteiger partial charge in [0, 0.05) is 13.0 Å². The normalized spacial score (nSPS) is 9.58. The number of halogens is 1. The molecule has 0 aromatic heterocycles. The van der Waals surface area contributed by atoms with Crippen LogP contribution in [0.4, 0.5) is 0 Å². The fraction of sp³-hybridized carbons (Fsp3) is 0.500. The van der Waals surface area contributed by atoms with Crippen LogP contribution in [0.3, 0.4) is 0 Å². The van der Waals surface area contributed by atoms with Crippen LogP contribution in [0.1, 0.15) is 31.2 Å². The Hall–Kier alpha value is -1.26. The standard InChI is InChI=1S/C14H22N2O2.ClH/c1-18-13-8-6-12(7-9-13)11-16-14(17)5-3-2-4-10-15;/h6-9H,2-5,10-11,15H2,1H3,(H,16,17);1H. The van der Waals surface area contributed by atoms with Gasteiger partial charge >= 0.3 is 0 Å². The Bertz CT molecular complexity index is 355. The summed E-state index contributed by atoms with van der Waals surface area (Å²) in [4.78, 5) is 11.5. The van der Waals surface area contributed by atoms with E-state index in [0.717, 1.165) is 30.6 Å². The molecule has 0 fully saturated rings. The van der Waals surface area contributed by atoms with Crippen LogP contribution < -0.4 is 15.8 Å². The van der Waals surface area contributed by atoms with Crippen molar-refractivity contribution in [3.05, 3.63) is 29.8 Å². The van der Waals surface area contributed by atoms with E-state index in [1.54, 1.807) is 7.11 Å². The molecule has 0 unspecified atom stereocenters. The lowest BCUT2D eigenvalue weighted by Gasteiger charge is -2.06. The van der Waals surface area contributed by atoms with E-state index in [2.05, 4.69) is 5.32 Å². The number of nitrogens with two attached hydrogens (primary N) is 1. The molecule has 0 saturated heterocycles. The number of ether oxygens (including phenoxy) is 1. The monoisotopic (exact) mass is 286 g/mol. The number of carbonyl (C=O) groups is 1. The van der Waals surface area contributed by atoms with Crippen molar-refractivity contribution in [2.24, 2.45) is 5.73 Å². The third-order valence-corrected chi connectivity index (χ3v) is 2.76. The highest BCUT2D eigenvalue weighted by molar-refractivity contribution is 5.85. The molecule has 0 saturated carbocycles. The Balaban J connectivity index is 0.00000324. The Kier molecular flexibility index (Phi) is 9.94. The van der Waals surface area contributed by atoms with Gasteiger partial charge in [0.15, 0.2) is 0 Å². The van der Waals surface area contributed by atoms with Gasteiger partial charge in [0.1, 0.15) is 5.75 Å². The molecule has 5 heteroatoms. The second-order valence-electron chi connectivity index (χ2n) is 4.22. The molecule has 0 aliphatic heterocycles. The van der Waals surface area contributed by atoms with Gasteiger partial charge in [-0.25, -0.2) is 0 Å². The SMILES string of the molecule is COc1ccc(CNC(=O)CCCCCN)cc1.Cl. The molecule has 0 aliphatic rings. The molecule has 108 valence electrons. The van der Waals surface area contributed by atoms with Crippen molar-refractivity contribution in [2.75, 3.05) is 13.7 Å². The van der Waals surface area contributed by atoms with E-state index < -0.39 is 0 Å². The first kappa shape index (κ1) is 17.7. The predicted octanol–water partition coefficient (Wildman–Crippen LogP) is 2.25. The van der Waals surface area contributed by atoms with Crippen LogP contribution in [-0.4, -0.2) is 19.6 Å². The molecule has 0 bridgehead atoms. The molecule has 1 rings (SSSR count). The lowest BCUT2D eigenvalue weighted by atomic mass is 10.2. The first-order chi connectivity index (χ1) is 8.76. The van der Waals surface area contributed by atoms with Crippen molar-refractivity contribution < 1.29 is 9.53 Å². The zero-order valence-electron chi connectivity index (χ0n) is 11.4. The lowest BCUT2D eigenvalue weighted by Crippen LogP contribution is -2.22. The van der Waals surface area contributed by atoms with Gasteiger partial charge in [0.2, 0.25) is 5.91 Å². The quantitative estimate of drug-likeness (QED) is 0.721. The average Bonchev–Trinajstić information content (AvgIpc) is 2.42. The Morgan fingerprint density at radius 1 is 1.21 bits per heavy atom. The van der Waals surface area contributed by atoms with Gasteiger partial charge in [0.05, 0.1) is 7.11 Å². The molecule has 0 spiro atoms. The molecule has 4 nitrogen and oxygen atoms in total. The highest BCUT2D eigenvalue weighted by atomic mass is 35.5. The van der Waals surface area contributed by atoms with Gasteiger partial charge in [-0.05, 0) is 37.1 Å². The van der Waals surface area contributed by atoms with Crippen LogP contribution in [0.15, 0.2) is 24.3 Å². The van der Waals surface area contributed by atoms with Crippen LogP contribution in [0, 0.1) is 0 Å². The smallest absolute Gasteiger partial charge is 0.220 e. The van der Waals surface area contributed by atoms with E-state index in [1.807, 2.05) is 24.3 Å². The summed E-state index contributed by atoms with van der Waals surface area (Å²) < 4.78 is 5.07. The zero-order chi connectivity index (χ0) is 13.2. The summed E-state index contributed by atoms with van der Waals surface area (Å²) in [5.74, 6) is 0.926. The minimum atomic E-state index is 0. The zero-order valence-corrected chi connectivity index (χ0v) is 12.2. The van der Waals surface area contributed by atoms with Gasteiger partial charge in [0.25, 0.3) is 0 Å². The minimum absolute atomic E-state index is 0. The number of amides is 1. The van der Waals surface area contributed by atoms with Gasteiger partial charge < -0.3 is 15.8 Å². The summed E-state index contributed by atoms with van der Waals surface area (Å²) in [6, 6.07) is 7.69. The summed E-state index contributed by atoms with van der Waals surface area (Å²) in [5, 5.41) is 2.90. The number of methoxy groups -OCH3 is 1. The average molecular weight is 287 g/mol. The van der Waals surface area contributed by atoms with Gasteiger partial charge in [-0.3, -0.25) is 4.79 Å². The maximum atomic E-state index is 11.5. The number of nitrogens with one attached hydrogen (secondary N) is 1. The van der Waals surface area contributed by atoms with Crippen LogP contribution in [0.5, 0.6) is 5.75 Å². The molecule has 0 aliphatic carbocycles. The van der Waals surface area contributed by atoms with E-state index in [0.29, 0.717) is 19.5 Å². The van der Waals surface area contributed by atoms with Crippen molar-refractivity contribution >= 4 is 18.3 Å². The molecule has 0 radical (unpaired) electrons. The van der Waals surface area contributed by atoms with E-state index in [1.165, 1.54) is 0 Å². The summed E-state index contributed by atoms with van der Waals surface area (Å²) in [5.41, 5.74) is 6.47. The molecule has 0 heterocycles. The molecular formula is C14H23ClN2O2. The van der Waals surface area contributed by atoms with Crippen LogP contribution >= 0.6 is 12.4 Å². The molecule has 0 atom stereocenters. The van der Waals surface area contributed by atoms with Crippen molar-refractivity contribution in [3.8, 4) is 5.75 Å². The van der Waals surface area contributed by atoms with E-state index in [9.17, 15) is 4.79 Å². The number of hydrogen-bond acceptors (Lipinski definition) is 3. The maximum absolute atomic E-state index is 11.5. The van der Waals surface area contributed by atoms with Crippen LogP contribution in [-0.2, 0) is 11.3 Å². The lowest BCUT2D eigenvalue weighted by molar-refractivity contribution is -0.121. The fourth-order valence-electron chi connectivity index (χ4n) is 1.64.